The van der Waals surface area contributed by atoms with Crippen LogP contribution in [-0.2, 0) is 16.1 Å². The Hall–Kier alpha value is -6.88. The van der Waals surface area contributed by atoms with Crippen LogP contribution in [0.5, 0.6) is 0 Å². The van der Waals surface area contributed by atoms with Crippen molar-refractivity contribution in [1.29, 1.82) is 21.0 Å². The maximum absolute atomic E-state index is 11.6. The molecule has 1 aliphatic rings. The van der Waals surface area contributed by atoms with Gasteiger partial charge in [0.2, 0.25) is 0 Å². The van der Waals surface area contributed by atoms with E-state index in [1.165, 1.54) is 0 Å². The average Bonchev–Trinajstić information content (AvgIpc) is 3.09. The summed E-state index contributed by atoms with van der Waals surface area (Å²) in [5.74, 6) is -0.516. The number of rotatable bonds is 4. The third kappa shape index (κ3) is 3.85. The van der Waals surface area contributed by atoms with Crippen LogP contribution in [0.25, 0.3) is 54.5 Å². The zero-order chi connectivity index (χ0) is 31.5. The quantitative estimate of drug-likeness (QED) is 0.106. The highest BCUT2D eigenvalue weighted by Gasteiger charge is 2.38. The largest absolute Gasteiger partial charge is 0.458 e. The molecular weight excluding hydrogens is 564 g/mol. The molecule has 1 atom stereocenters. The van der Waals surface area contributed by atoms with Crippen LogP contribution in [0.15, 0.2) is 72.2 Å². The van der Waals surface area contributed by atoms with Gasteiger partial charge in [-0.2, -0.15) is 21.0 Å². The van der Waals surface area contributed by atoms with Crippen LogP contribution in [0.4, 0.5) is 11.4 Å². The highest BCUT2D eigenvalue weighted by Crippen LogP contribution is 2.53. The van der Waals surface area contributed by atoms with Gasteiger partial charge in [0, 0.05) is 38.4 Å². The van der Waals surface area contributed by atoms with Gasteiger partial charge in [-0.05, 0) is 23.6 Å². The second kappa shape index (κ2) is 9.85. The Morgan fingerprint density at radius 2 is 1.56 bits per heavy atom. The molecule has 1 aromatic heterocycles. The number of hydrogen-bond acceptors (Lipinski definition) is 10. The van der Waals surface area contributed by atoms with Crippen LogP contribution >= 0.6 is 0 Å². The molecule has 2 heterocycles. The first-order valence-corrected chi connectivity index (χ1v) is 13.7. The first kappa shape index (κ1) is 27.0. The van der Waals surface area contributed by atoms with Crippen molar-refractivity contribution in [1.82, 2.24) is 9.97 Å². The van der Waals surface area contributed by atoms with E-state index in [-0.39, 0.29) is 23.7 Å². The van der Waals surface area contributed by atoms with Gasteiger partial charge in [-0.1, -0.05) is 61.2 Å². The highest BCUT2D eigenvalue weighted by molar-refractivity contribution is 6.39. The Bertz CT molecular complexity index is 2510. The van der Waals surface area contributed by atoms with E-state index in [9.17, 15) is 25.8 Å². The van der Waals surface area contributed by atoms with Gasteiger partial charge < -0.3 is 10.1 Å². The van der Waals surface area contributed by atoms with E-state index in [1.54, 1.807) is 6.92 Å². The first-order chi connectivity index (χ1) is 21.8. The summed E-state index contributed by atoms with van der Waals surface area (Å²) >= 11 is 0. The van der Waals surface area contributed by atoms with E-state index >= 15 is 0 Å². The summed E-state index contributed by atoms with van der Waals surface area (Å²) in [5, 5.41) is 47.4. The molecular formula is C35H18N8O2. The van der Waals surface area contributed by atoms with Crippen LogP contribution in [-0.4, -0.2) is 27.2 Å². The SMILES string of the molecule is C=CC(=O)OCc1ccc(-c2ccc3c4nc(C#N)c(C#N)nc4c4cccc5c6c(c2c3c54)N=C(C#N)C(C)(C#N)N6)cc1. The summed E-state index contributed by atoms with van der Waals surface area (Å²) < 4.78 is 5.18. The fourth-order valence-corrected chi connectivity index (χ4v) is 5.98. The molecule has 0 fully saturated rings. The number of carbonyl (C=O) groups is 1. The van der Waals surface area contributed by atoms with Crippen molar-refractivity contribution in [3.05, 3.63) is 84.2 Å². The normalized spacial score (nSPS) is 15.4. The Morgan fingerprint density at radius 1 is 0.889 bits per heavy atom. The third-order valence-electron chi connectivity index (χ3n) is 8.10. The molecule has 0 bridgehead atoms. The molecule has 0 amide bonds. The minimum Gasteiger partial charge on any atom is -0.458 e. The molecule has 0 saturated heterocycles. The molecule has 10 heteroatoms. The van der Waals surface area contributed by atoms with Crippen LogP contribution in [0.2, 0.25) is 0 Å². The number of carbonyl (C=O) groups excluding carboxylic acids is 1. The zero-order valence-electron chi connectivity index (χ0n) is 23.6. The number of anilines is 1. The molecule has 10 nitrogen and oxygen atoms in total. The summed E-state index contributed by atoms with van der Waals surface area (Å²) in [7, 11) is 0. The molecule has 1 N–H and O–H groups in total. The molecule has 210 valence electrons. The number of nitriles is 4. The number of aliphatic imine (C=N–C) groups is 1. The minimum absolute atomic E-state index is 0.0210. The number of hydrogen-bond donors (Lipinski definition) is 1. The van der Waals surface area contributed by atoms with E-state index in [1.807, 2.05) is 66.7 Å². The Balaban J connectivity index is 1.64. The minimum atomic E-state index is -1.38. The Labute approximate surface area is 255 Å². The molecule has 7 rings (SSSR count). The molecule has 1 unspecified atom stereocenters. The lowest BCUT2D eigenvalue weighted by molar-refractivity contribution is -0.138. The second-order valence-electron chi connectivity index (χ2n) is 10.6. The number of benzene rings is 5. The fourth-order valence-electron chi connectivity index (χ4n) is 5.98. The molecule has 0 radical (unpaired) electrons. The van der Waals surface area contributed by atoms with Crippen molar-refractivity contribution < 1.29 is 9.53 Å². The smallest absolute Gasteiger partial charge is 0.330 e. The van der Waals surface area contributed by atoms with Gasteiger partial charge in [-0.3, -0.25) is 0 Å². The monoisotopic (exact) mass is 582 g/mol. The van der Waals surface area contributed by atoms with Crippen molar-refractivity contribution in [3.63, 3.8) is 0 Å². The topological polar surface area (TPSA) is 172 Å². The van der Waals surface area contributed by atoms with E-state index < -0.39 is 11.5 Å². The summed E-state index contributed by atoms with van der Waals surface area (Å²) in [6.07, 6.45) is 1.11. The molecule has 5 aromatic carbocycles. The predicted octanol–water partition coefficient (Wildman–Crippen LogP) is 6.47. The number of esters is 1. The van der Waals surface area contributed by atoms with Gasteiger partial charge in [-0.15, -0.1) is 0 Å². The fraction of sp³-hybridized carbons (Fsp3) is 0.0857. The van der Waals surface area contributed by atoms with Crippen LogP contribution in [0, 0.1) is 45.3 Å². The van der Waals surface area contributed by atoms with Gasteiger partial charge in [0.05, 0.1) is 28.5 Å². The molecule has 1 aliphatic heterocycles. The van der Waals surface area contributed by atoms with Gasteiger partial charge in [-0.25, -0.2) is 19.8 Å². The van der Waals surface area contributed by atoms with Crippen molar-refractivity contribution in [2.75, 3.05) is 5.32 Å². The average molecular weight is 583 g/mol. The first-order valence-electron chi connectivity index (χ1n) is 13.7. The second-order valence-corrected chi connectivity index (χ2v) is 10.6. The predicted molar refractivity (Wildman–Crippen MR) is 168 cm³/mol. The molecule has 6 aromatic rings. The maximum atomic E-state index is 11.6. The third-order valence-corrected chi connectivity index (χ3v) is 8.10. The molecule has 0 saturated carbocycles. The number of ether oxygens (including phenoxy) is 1. The highest BCUT2D eigenvalue weighted by atomic mass is 16.5. The summed E-state index contributed by atoms with van der Waals surface area (Å²) in [6.45, 7) is 5.12. The summed E-state index contributed by atoms with van der Waals surface area (Å²) in [4.78, 5) is 25.6. The maximum Gasteiger partial charge on any atom is 0.330 e. The van der Waals surface area contributed by atoms with Crippen LogP contribution < -0.4 is 5.32 Å². The van der Waals surface area contributed by atoms with Crippen molar-refractivity contribution in [2.45, 2.75) is 19.1 Å². The number of nitrogens with one attached hydrogen (secondary N) is 1. The van der Waals surface area contributed by atoms with Gasteiger partial charge >= 0.3 is 5.97 Å². The van der Waals surface area contributed by atoms with Crippen molar-refractivity contribution in [2.24, 2.45) is 4.99 Å². The van der Waals surface area contributed by atoms with E-state index in [2.05, 4.69) is 34.0 Å². The van der Waals surface area contributed by atoms with Crippen molar-refractivity contribution >= 4 is 66.4 Å². The van der Waals surface area contributed by atoms with E-state index in [0.29, 0.717) is 38.6 Å². The Morgan fingerprint density at radius 3 is 2.18 bits per heavy atom. The van der Waals surface area contributed by atoms with Crippen LogP contribution in [0.3, 0.4) is 0 Å². The van der Waals surface area contributed by atoms with Gasteiger partial charge in [0.1, 0.15) is 24.8 Å². The van der Waals surface area contributed by atoms with E-state index in [4.69, 9.17) is 9.73 Å². The van der Waals surface area contributed by atoms with Crippen LogP contribution in [0.1, 0.15) is 23.9 Å². The lowest BCUT2D eigenvalue weighted by Crippen LogP contribution is -2.43. The lowest BCUT2D eigenvalue weighted by Gasteiger charge is -2.31. The molecule has 0 spiro atoms. The summed E-state index contributed by atoms with van der Waals surface area (Å²) in [5.41, 5.74) is 2.90. The lowest BCUT2D eigenvalue weighted by atomic mass is 9.84. The number of nitrogens with zero attached hydrogens (tertiary/aromatic N) is 7. The zero-order valence-corrected chi connectivity index (χ0v) is 23.6. The Kier molecular flexibility index (Phi) is 5.91. The van der Waals surface area contributed by atoms with Crippen molar-refractivity contribution in [3.8, 4) is 35.4 Å². The summed E-state index contributed by atoms with van der Waals surface area (Å²) in [6, 6.07) is 25.3. The molecule has 45 heavy (non-hydrogen) atoms. The number of fused-ring (bicyclic) bond motifs is 6. The van der Waals surface area contributed by atoms with Gasteiger partial charge in [0.25, 0.3) is 0 Å². The standard InChI is InChI=1S/C35H18N8O2/c1-3-27(44)45-16-18-7-9-19(10-8-18)20-11-12-23-29-28-21(31-32(23)41-25(14-37)24(13-36)40-31)5-4-6-22(28)33-34(30(20)29)42-26(15-38)35(2,17-39)43-33/h3-12,43H,1,16H2,2H3. The number of aromatic nitrogens is 2. The van der Waals surface area contributed by atoms with Gasteiger partial charge in [0.15, 0.2) is 22.6 Å². The van der Waals surface area contributed by atoms with E-state index in [0.717, 1.165) is 38.9 Å². The molecule has 0 aliphatic carbocycles.